The second-order valence-electron chi connectivity index (χ2n) is 21.3. The summed E-state index contributed by atoms with van der Waals surface area (Å²) in [5, 5.41) is 22.4. The van der Waals surface area contributed by atoms with E-state index in [4.69, 9.17) is 4.42 Å². The Morgan fingerprint density at radius 2 is 0.531 bits per heavy atom. The lowest BCUT2D eigenvalue weighted by Gasteiger charge is -2.19. The van der Waals surface area contributed by atoms with Gasteiger partial charge in [0.1, 0.15) is 11.2 Å². The highest BCUT2D eigenvalue weighted by atomic mass is 16.3. The monoisotopic (exact) mass is 1030 g/mol. The SMILES string of the molecule is c1ccc2c(-c3c4ccccc4c(-c4cccc5oc6c7ccccc7ccc6c45)c4ccccc34)cccc2c1.c1ccc2cc(-c3ccc(-c4c5ccccc5c(-c5cccc6ccccc56)c5ccccc45)cc3)ccc2c1. The van der Waals surface area contributed by atoms with Crippen LogP contribution in [-0.4, -0.2) is 0 Å². The number of fused-ring (bicyclic) bond motifs is 12. The largest absolute Gasteiger partial charge is 0.455 e. The molecule has 0 aliphatic rings. The molecule has 0 aliphatic carbocycles. The number of benzene rings is 16. The smallest absolute Gasteiger partial charge is 0.143 e. The van der Waals surface area contributed by atoms with Crippen LogP contribution in [0.15, 0.2) is 308 Å². The van der Waals surface area contributed by atoms with Gasteiger partial charge in [-0.15, -0.1) is 0 Å². The van der Waals surface area contributed by atoms with Crippen molar-refractivity contribution in [3.63, 3.8) is 0 Å². The average molecular weight is 1030 g/mol. The minimum Gasteiger partial charge on any atom is -0.455 e. The van der Waals surface area contributed by atoms with Crippen molar-refractivity contribution in [1.82, 2.24) is 0 Å². The van der Waals surface area contributed by atoms with Gasteiger partial charge in [-0.2, -0.15) is 0 Å². The topological polar surface area (TPSA) is 13.1 Å². The molecule has 0 saturated carbocycles. The molecule has 376 valence electrons. The maximum Gasteiger partial charge on any atom is 0.143 e. The van der Waals surface area contributed by atoms with Gasteiger partial charge in [0, 0.05) is 16.2 Å². The number of hydrogen-bond acceptors (Lipinski definition) is 1. The second kappa shape index (κ2) is 19.1. The van der Waals surface area contributed by atoms with E-state index in [9.17, 15) is 0 Å². The van der Waals surface area contributed by atoms with Crippen LogP contribution in [0.4, 0.5) is 0 Å². The van der Waals surface area contributed by atoms with Gasteiger partial charge in [0.2, 0.25) is 0 Å². The third-order valence-electron chi connectivity index (χ3n) is 16.9. The first-order valence-corrected chi connectivity index (χ1v) is 28.0. The van der Waals surface area contributed by atoms with Crippen LogP contribution in [0.2, 0.25) is 0 Å². The summed E-state index contributed by atoms with van der Waals surface area (Å²) in [7, 11) is 0. The fraction of sp³-hybridized carbons (Fsp3) is 0. The van der Waals surface area contributed by atoms with Crippen LogP contribution < -0.4 is 0 Å². The Morgan fingerprint density at radius 3 is 1.05 bits per heavy atom. The van der Waals surface area contributed by atoms with E-state index in [0.717, 1.165) is 21.9 Å². The molecule has 0 fully saturated rings. The quantitative estimate of drug-likeness (QED) is 0.157. The van der Waals surface area contributed by atoms with Crippen LogP contribution in [0.3, 0.4) is 0 Å². The van der Waals surface area contributed by atoms with Gasteiger partial charge < -0.3 is 4.42 Å². The fourth-order valence-electron chi connectivity index (χ4n) is 13.3. The third kappa shape index (κ3) is 7.62. The zero-order chi connectivity index (χ0) is 53.4. The molecule has 0 atom stereocenters. The van der Waals surface area contributed by atoms with Crippen molar-refractivity contribution < 1.29 is 4.42 Å². The van der Waals surface area contributed by atoms with E-state index in [1.807, 2.05) is 0 Å². The molecule has 0 bridgehead atoms. The lowest BCUT2D eigenvalue weighted by Crippen LogP contribution is -1.92. The third-order valence-corrected chi connectivity index (χ3v) is 16.9. The molecule has 0 N–H and O–H groups in total. The van der Waals surface area contributed by atoms with Crippen molar-refractivity contribution in [3.05, 3.63) is 303 Å². The lowest BCUT2D eigenvalue weighted by atomic mass is 9.84. The molecule has 17 rings (SSSR count). The molecule has 81 heavy (non-hydrogen) atoms. The van der Waals surface area contributed by atoms with Gasteiger partial charge >= 0.3 is 0 Å². The van der Waals surface area contributed by atoms with Crippen molar-refractivity contribution in [2.75, 3.05) is 0 Å². The average Bonchev–Trinajstić information content (AvgIpc) is 4.09. The molecule has 16 aromatic carbocycles. The first-order chi connectivity index (χ1) is 40.2. The minimum absolute atomic E-state index is 0.917. The summed E-state index contributed by atoms with van der Waals surface area (Å²) < 4.78 is 6.59. The molecule has 1 heterocycles. The molecular weight excluding hydrogens is 977 g/mol. The first-order valence-electron chi connectivity index (χ1n) is 28.0. The highest BCUT2D eigenvalue weighted by molar-refractivity contribution is 6.28. The molecule has 0 aliphatic heterocycles. The Labute approximate surface area is 468 Å². The second-order valence-corrected chi connectivity index (χ2v) is 21.3. The van der Waals surface area contributed by atoms with Crippen LogP contribution in [-0.2, 0) is 0 Å². The number of rotatable bonds is 5. The van der Waals surface area contributed by atoms with Gasteiger partial charge in [0.05, 0.1) is 0 Å². The van der Waals surface area contributed by atoms with E-state index in [2.05, 4.69) is 303 Å². The summed E-state index contributed by atoms with van der Waals surface area (Å²) in [6.45, 7) is 0. The van der Waals surface area contributed by atoms with Crippen molar-refractivity contribution in [2.24, 2.45) is 0 Å². The van der Waals surface area contributed by atoms with Crippen LogP contribution in [0.25, 0.3) is 164 Å². The van der Waals surface area contributed by atoms with Gasteiger partial charge in [0.25, 0.3) is 0 Å². The van der Waals surface area contributed by atoms with E-state index < -0.39 is 0 Å². The summed E-state index contributed by atoms with van der Waals surface area (Å²) in [6, 6.07) is 110. The predicted molar refractivity (Wildman–Crippen MR) is 347 cm³/mol. The highest BCUT2D eigenvalue weighted by Crippen LogP contribution is 2.49. The summed E-state index contributed by atoms with van der Waals surface area (Å²) in [5.74, 6) is 0. The van der Waals surface area contributed by atoms with E-state index in [-0.39, 0.29) is 0 Å². The summed E-state index contributed by atoms with van der Waals surface area (Å²) in [6.07, 6.45) is 0. The van der Waals surface area contributed by atoms with Crippen LogP contribution in [0, 0.1) is 0 Å². The van der Waals surface area contributed by atoms with Gasteiger partial charge in [-0.3, -0.25) is 0 Å². The molecule has 1 aromatic heterocycles. The van der Waals surface area contributed by atoms with Gasteiger partial charge in [-0.05, 0) is 155 Å². The fourth-order valence-corrected chi connectivity index (χ4v) is 13.3. The van der Waals surface area contributed by atoms with Crippen molar-refractivity contribution in [1.29, 1.82) is 0 Å². The van der Waals surface area contributed by atoms with E-state index in [1.165, 1.54) is 142 Å². The van der Waals surface area contributed by atoms with E-state index >= 15 is 0 Å². The molecule has 17 aromatic rings. The Hall–Kier alpha value is -10.6. The molecule has 0 saturated heterocycles. The molecule has 0 amide bonds. The molecular formula is C80H50O. The molecule has 0 unspecified atom stereocenters. The Kier molecular flexibility index (Phi) is 11.0. The van der Waals surface area contributed by atoms with Crippen molar-refractivity contribution >= 4 is 108 Å². The summed E-state index contributed by atoms with van der Waals surface area (Å²) >= 11 is 0. The standard InChI is InChI=1S/C40H24O.C40H26/c1-3-14-27-25(11-1)13-9-20-29(27)37-30-16-5-7-18-32(30)38(33-19-8-6-17-31(33)37)34-21-10-22-36-39(34)35-24-23-26-12-2-4-15-28(26)40(35)41-36;1-2-12-31-26-32(25-22-27(31)10-1)28-20-23-30(24-21-28)39-35-15-5-7-17-37(35)40(38-18-8-6-16-36(38)39)34-19-9-13-29-11-3-4-14-33(29)34/h1-24H;1-26H. The van der Waals surface area contributed by atoms with Gasteiger partial charge in [-0.25, -0.2) is 0 Å². The zero-order valence-electron chi connectivity index (χ0n) is 44.3. The molecule has 0 spiro atoms. The van der Waals surface area contributed by atoms with E-state index in [1.54, 1.807) is 0 Å². The van der Waals surface area contributed by atoms with Crippen LogP contribution in [0.5, 0.6) is 0 Å². The van der Waals surface area contributed by atoms with Gasteiger partial charge in [0.15, 0.2) is 0 Å². The first kappa shape index (κ1) is 46.5. The number of hydrogen-bond donors (Lipinski definition) is 0. The Morgan fingerprint density at radius 1 is 0.185 bits per heavy atom. The maximum atomic E-state index is 6.59. The highest BCUT2D eigenvalue weighted by Gasteiger charge is 2.22. The van der Waals surface area contributed by atoms with Gasteiger partial charge in [-0.1, -0.05) is 285 Å². The molecule has 0 radical (unpaired) electrons. The summed E-state index contributed by atoms with van der Waals surface area (Å²) in [5.41, 5.74) is 14.5. The zero-order valence-corrected chi connectivity index (χ0v) is 44.3. The van der Waals surface area contributed by atoms with Crippen molar-refractivity contribution in [2.45, 2.75) is 0 Å². The van der Waals surface area contributed by atoms with Crippen LogP contribution >= 0.6 is 0 Å². The summed E-state index contributed by atoms with van der Waals surface area (Å²) in [4.78, 5) is 0. The molecule has 1 heteroatoms. The molecule has 1 nitrogen and oxygen atoms in total. The Bertz CT molecular complexity index is 5230. The minimum atomic E-state index is 0.917. The predicted octanol–water partition coefficient (Wildman–Crippen LogP) is 22.8. The maximum absolute atomic E-state index is 6.59. The Balaban J connectivity index is 0.000000134. The number of furan rings is 1. The van der Waals surface area contributed by atoms with Crippen molar-refractivity contribution in [3.8, 4) is 55.6 Å². The van der Waals surface area contributed by atoms with Crippen LogP contribution in [0.1, 0.15) is 0 Å². The normalized spacial score (nSPS) is 11.7. The van der Waals surface area contributed by atoms with E-state index in [0.29, 0.717) is 0 Å². The lowest BCUT2D eigenvalue weighted by molar-refractivity contribution is 0.673.